The zero-order chi connectivity index (χ0) is 20.0. The Morgan fingerprint density at radius 1 is 0.931 bits per heavy atom. The van der Waals surface area contributed by atoms with Gasteiger partial charge in [-0.05, 0) is 50.3 Å². The van der Waals surface area contributed by atoms with Gasteiger partial charge in [0.25, 0.3) is 0 Å². The second kappa shape index (κ2) is 7.80. The first-order chi connectivity index (χ1) is 14.0. The largest absolute Gasteiger partial charge is 0.354 e. The van der Waals surface area contributed by atoms with E-state index in [1.807, 2.05) is 13.1 Å². The van der Waals surface area contributed by atoms with E-state index >= 15 is 0 Å². The number of piperazine rings is 2. The van der Waals surface area contributed by atoms with Gasteiger partial charge < -0.3 is 9.80 Å². The fourth-order valence-electron chi connectivity index (χ4n) is 5.83. The monoisotopic (exact) mass is 419 g/mol. The topological polar surface area (TPSA) is 60.0 Å². The predicted molar refractivity (Wildman–Crippen MR) is 114 cm³/mol. The first-order valence-electron chi connectivity index (χ1n) is 11.1. The Balaban J connectivity index is 1.20. The van der Waals surface area contributed by atoms with Gasteiger partial charge in [0.2, 0.25) is 10.0 Å². The number of pyridine rings is 1. The van der Waals surface area contributed by atoms with Crippen LogP contribution >= 0.6 is 0 Å². The van der Waals surface area contributed by atoms with E-state index in [9.17, 15) is 8.42 Å². The molecule has 0 N–H and O–H groups in total. The highest BCUT2D eigenvalue weighted by Crippen LogP contribution is 2.46. The number of fused-ring (bicyclic) bond motifs is 2. The van der Waals surface area contributed by atoms with Crippen LogP contribution in [0.4, 0.5) is 5.82 Å². The van der Waals surface area contributed by atoms with Gasteiger partial charge in [0.15, 0.2) is 0 Å². The number of anilines is 1. The van der Waals surface area contributed by atoms with Crippen LogP contribution in [-0.4, -0.2) is 93.0 Å². The van der Waals surface area contributed by atoms with E-state index in [4.69, 9.17) is 0 Å². The lowest BCUT2D eigenvalue weighted by Gasteiger charge is -2.41. The van der Waals surface area contributed by atoms with Crippen molar-refractivity contribution in [3.63, 3.8) is 0 Å². The summed E-state index contributed by atoms with van der Waals surface area (Å²) in [6.45, 7) is 6.79. The summed E-state index contributed by atoms with van der Waals surface area (Å²) < 4.78 is 27.3. The van der Waals surface area contributed by atoms with Crippen molar-refractivity contribution < 1.29 is 8.42 Å². The van der Waals surface area contributed by atoms with Crippen molar-refractivity contribution in [2.75, 3.05) is 64.3 Å². The van der Waals surface area contributed by atoms with Gasteiger partial charge in [-0.2, -0.15) is 4.31 Å². The van der Waals surface area contributed by atoms with Crippen molar-refractivity contribution in [1.29, 1.82) is 0 Å². The number of rotatable bonds is 4. The molecular weight excluding hydrogens is 386 g/mol. The number of nitrogens with zero attached hydrogens (tertiary/aromatic N) is 5. The van der Waals surface area contributed by atoms with Crippen molar-refractivity contribution in [2.45, 2.75) is 36.6 Å². The van der Waals surface area contributed by atoms with E-state index in [2.05, 4.69) is 19.7 Å². The summed E-state index contributed by atoms with van der Waals surface area (Å²) in [5, 5.41) is 0. The lowest BCUT2D eigenvalue weighted by atomic mass is 9.93. The third kappa shape index (κ3) is 3.80. The summed E-state index contributed by atoms with van der Waals surface area (Å²) in [5.74, 6) is 2.82. The summed E-state index contributed by atoms with van der Waals surface area (Å²) in [7, 11) is -1.42. The van der Waals surface area contributed by atoms with Crippen molar-refractivity contribution >= 4 is 15.8 Å². The highest BCUT2D eigenvalue weighted by molar-refractivity contribution is 7.89. The van der Waals surface area contributed by atoms with E-state index in [0.29, 0.717) is 18.0 Å². The maximum absolute atomic E-state index is 12.9. The number of likely N-dealkylation sites (N-methyl/N-ethyl adjacent to an activating group) is 1. The summed E-state index contributed by atoms with van der Waals surface area (Å²) >= 11 is 0. The molecule has 3 heterocycles. The lowest BCUT2D eigenvalue weighted by molar-refractivity contribution is 0.134. The average Bonchev–Trinajstić information content (AvgIpc) is 3.38. The van der Waals surface area contributed by atoms with Gasteiger partial charge in [-0.15, -0.1) is 0 Å². The number of hydrogen-bond donors (Lipinski definition) is 0. The molecule has 4 aliphatic rings. The summed E-state index contributed by atoms with van der Waals surface area (Å²) in [6.07, 6.45) is 7.29. The van der Waals surface area contributed by atoms with Gasteiger partial charge in [0, 0.05) is 64.6 Å². The van der Waals surface area contributed by atoms with Crippen LogP contribution in [0.25, 0.3) is 0 Å². The molecule has 4 fully saturated rings. The summed E-state index contributed by atoms with van der Waals surface area (Å²) in [6, 6.07) is 4.43. The Morgan fingerprint density at radius 2 is 1.69 bits per heavy atom. The molecule has 7 nitrogen and oxygen atoms in total. The van der Waals surface area contributed by atoms with Gasteiger partial charge >= 0.3 is 0 Å². The van der Waals surface area contributed by atoms with Crippen molar-refractivity contribution in [3.8, 4) is 0 Å². The van der Waals surface area contributed by atoms with Gasteiger partial charge in [-0.25, -0.2) is 13.4 Å². The Morgan fingerprint density at radius 3 is 2.28 bits per heavy atom. The van der Waals surface area contributed by atoms with Crippen LogP contribution in [0.15, 0.2) is 23.2 Å². The van der Waals surface area contributed by atoms with Gasteiger partial charge in [0.05, 0.1) is 0 Å². The first kappa shape index (κ1) is 19.7. The molecule has 29 heavy (non-hydrogen) atoms. The molecule has 3 atom stereocenters. The molecule has 8 heteroatoms. The van der Waals surface area contributed by atoms with E-state index < -0.39 is 10.0 Å². The maximum Gasteiger partial charge on any atom is 0.244 e. The van der Waals surface area contributed by atoms with Crippen molar-refractivity contribution in [2.24, 2.45) is 11.8 Å². The van der Waals surface area contributed by atoms with Crippen LogP contribution in [0.2, 0.25) is 0 Å². The van der Waals surface area contributed by atoms with Crippen LogP contribution in [-0.2, 0) is 10.0 Å². The second-order valence-corrected chi connectivity index (χ2v) is 11.3. The molecule has 2 saturated carbocycles. The molecule has 1 aromatic rings. The highest BCUT2D eigenvalue weighted by Gasteiger charge is 2.42. The smallest absolute Gasteiger partial charge is 0.244 e. The van der Waals surface area contributed by atoms with Gasteiger partial charge in [0.1, 0.15) is 10.7 Å². The molecule has 2 saturated heterocycles. The summed E-state index contributed by atoms with van der Waals surface area (Å²) in [4.78, 5) is 12.0. The molecule has 0 spiro atoms. The molecule has 3 unspecified atom stereocenters. The lowest BCUT2D eigenvalue weighted by Crippen LogP contribution is -2.52. The fraction of sp³-hybridized carbons (Fsp3) is 0.762. The average molecular weight is 420 g/mol. The van der Waals surface area contributed by atoms with Crippen molar-refractivity contribution in [1.82, 2.24) is 19.1 Å². The molecule has 2 aliphatic carbocycles. The normalized spacial score (nSPS) is 32.2. The number of hydrogen-bond acceptors (Lipinski definition) is 6. The molecule has 5 rings (SSSR count). The van der Waals surface area contributed by atoms with Crippen LogP contribution in [0.5, 0.6) is 0 Å². The minimum Gasteiger partial charge on any atom is -0.354 e. The molecule has 0 aromatic carbocycles. The molecule has 0 amide bonds. The molecular formula is C21H33N5O2S. The van der Waals surface area contributed by atoms with Crippen LogP contribution in [0, 0.1) is 11.8 Å². The maximum atomic E-state index is 12.9. The van der Waals surface area contributed by atoms with Crippen LogP contribution in [0.3, 0.4) is 0 Å². The Kier molecular flexibility index (Phi) is 5.30. The van der Waals surface area contributed by atoms with E-state index in [1.165, 1.54) is 25.7 Å². The van der Waals surface area contributed by atoms with E-state index in [1.54, 1.807) is 16.6 Å². The Bertz CT molecular complexity index is 814. The van der Waals surface area contributed by atoms with Gasteiger partial charge in [-0.3, -0.25) is 4.90 Å². The minimum absolute atomic E-state index is 0.311. The van der Waals surface area contributed by atoms with Crippen LogP contribution in [0.1, 0.15) is 25.7 Å². The zero-order valence-electron chi connectivity index (χ0n) is 17.4. The van der Waals surface area contributed by atoms with Gasteiger partial charge in [-0.1, -0.05) is 6.42 Å². The number of aromatic nitrogens is 1. The molecule has 160 valence electrons. The standard InChI is InChI=1S/C21H33N5O2S/c1-23-6-12-26(13-7-23)29(27,28)19-4-5-21(22-16-19)25-10-8-24(9-11-25)20-15-17-2-3-18(20)14-17/h4-5,16-18,20H,2-3,6-15H2,1H3. The predicted octanol–water partition coefficient (Wildman–Crippen LogP) is 1.33. The Labute approximate surface area is 174 Å². The zero-order valence-corrected chi connectivity index (χ0v) is 18.2. The number of sulfonamides is 1. The third-order valence-electron chi connectivity index (χ3n) is 7.63. The SMILES string of the molecule is CN1CCN(S(=O)(=O)c2ccc(N3CCN(C4CC5CCC4C5)CC3)nc2)CC1. The molecule has 2 bridgehead atoms. The summed E-state index contributed by atoms with van der Waals surface area (Å²) in [5.41, 5.74) is 0. The fourth-order valence-corrected chi connectivity index (χ4v) is 7.20. The molecule has 1 aromatic heterocycles. The van der Waals surface area contributed by atoms with Crippen molar-refractivity contribution in [3.05, 3.63) is 18.3 Å². The minimum atomic E-state index is -3.44. The third-order valence-corrected chi connectivity index (χ3v) is 9.51. The molecule has 2 aliphatic heterocycles. The second-order valence-electron chi connectivity index (χ2n) is 9.32. The quantitative estimate of drug-likeness (QED) is 0.734. The van der Waals surface area contributed by atoms with E-state index in [-0.39, 0.29) is 0 Å². The molecule has 0 radical (unpaired) electrons. The first-order valence-corrected chi connectivity index (χ1v) is 12.6. The Hall–Kier alpha value is -1.22. The highest BCUT2D eigenvalue weighted by atomic mass is 32.2. The van der Waals surface area contributed by atoms with E-state index in [0.717, 1.165) is 63.0 Å². The van der Waals surface area contributed by atoms with Crippen LogP contribution < -0.4 is 4.90 Å².